The van der Waals surface area contributed by atoms with Gasteiger partial charge in [0.25, 0.3) is 5.91 Å². The van der Waals surface area contributed by atoms with E-state index in [9.17, 15) is 14.4 Å². The molecule has 47 heavy (non-hydrogen) atoms. The predicted octanol–water partition coefficient (Wildman–Crippen LogP) is 7.98. The van der Waals surface area contributed by atoms with E-state index in [1.54, 1.807) is 18.2 Å². The van der Waals surface area contributed by atoms with Crippen molar-refractivity contribution in [2.24, 2.45) is 0 Å². The second-order valence-corrected chi connectivity index (χ2v) is 13.0. The molecule has 7 nitrogen and oxygen atoms in total. The lowest BCUT2D eigenvalue weighted by molar-refractivity contribution is -0.128. The van der Waals surface area contributed by atoms with Gasteiger partial charge in [-0.15, -0.1) is 0 Å². The van der Waals surface area contributed by atoms with Gasteiger partial charge >= 0.3 is 0 Å². The number of carbonyl (C=O) groups excluding carboxylic acids is 2. The highest BCUT2D eigenvalue weighted by Crippen LogP contribution is 2.38. The molecule has 3 aromatic carbocycles. The number of likely N-dealkylation sites (tertiary alicyclic amines) is 1. The molecule has 2 fully saturated rings. The van der Waals surface area contributed by atoms with Gasteiger partial charge in [-0.05, 0) is 97.9 Å². The van der Waals surface area contributed by atoms with Crippen LogP contribution in [0.5, 0.6) is 5.75 Å². The van der Waals surface area contributed by atoms with Crippen molar-refractivity contribution in [3.05, 3.63) is 122 Å². The van der Waals surface area contributed by atoms with Gasteiger partial charge in [-0.3, -0.25) is 14.4 Å². The second kappa shape index (κ2) is 15.0. The van der Waals surface area contributed by atoms with Gasteiger partial charge in [0.1, 0.15) is 11.3 Å². The first-order valence-corrected chi connectivity index (χ1v) is 17.0. The van der Waals surface area contributed by atoms with Gasteiger partial charge in [-0.2, -0.15) is 0 Å². The summed E-state index contributed by atoms with van der Waals surface area (Å²) < 4.78 is 11.6. The maximum Gasteiger partial charge on any atom is 0.287 e. The van der Waals surface area contributed by atoms with Crippen molar-refractivity contribution in [2.45, 2.75) is 76.8 Å². The maximum absolute atomic E-state index is 13.5. The predicted molar refractivity (Wildman–Crippen MR) is 185 cm³/mol. The summed E-state index contributed by atoms with van der Waals surface area (Å²) in [6.07, 6.45) is 9.03. The average Bonchev–Trinajstić information content (AvgIpc) is 3.49. The molecule has 1 N–H and O–H groups in total. The van der Waals surface area contributed by atoms with Crippen LogP contribution in [0.1, 0.15) is 85.0 Å². The average molecular weight is 653 g/mol. The summed E-state index contributed by atoms with van der Waals surface area (Å²) in [6, 6.07) is 22.2. The van der Waals surface area contributed by atoms with Crippen molar-refractivity contribution in [3.63, 3.8) is 0 Å². The largest absolute Gasteiger partial charge is 0.494 e. The number of fused-ring (bicyclic) bond motifs is 1. The Morgan fingerprint density at radius 1 is 1.04 bits per heavy atom. The monoisotopic (exact) mass is 652 g/mol. The van der Waals surface area contributed by atoms with Gasteiger partial charge in [0.15, 0.2) is 11.2 Å². The Labute approximate surface area is 280 Å². The van der Waals surface area contributed by atoms with Gasteiger partial charge in [-0.25, -0.2) is 0 Å². The number of nitrogens with one attached hydrogen (secondary N) is 1. The SMILES string of the molecule is CCCOc1ccc2oc(C(=O)N[C@H](C=C3CCC(c4ccccc4CN4CCCC4=O)CC3)Cc3ccc(Cl)cc3)cc(=O)c2c1. The molecule has 0 unspecified atom stereocenters. The number of ether oxygens (including phenoxy) is 1. The first kappa shape index (κ1) is 32.6. The minimum Gasteiger partial charge on any atom is -0.494 e. The summed E-state index contributed by atoms with van der Waals surface area (Å²) in [5.41, 5.74) is 4.97. The van der Waals surface area contributed by atoms with E-state index in [1.807, 2.05) is 36.1 Å². The Hall–Kier alpha value is -4.36. The van der Waals surface area contributed by atoms with Crippen molar-refractivity contribution >= 4 is 34.4 Å². The fraction of sp³-hybridized carbons (Fsp3) is 0.359. The summed E-state index contributed by atoms with van der Waals surface area (Å²) in [5.74, 6) is 0.798. The van der Waals surface area contributed by atoms with Gasteiger partial charge in [0, 0.05) is 30.6 Å². The molecule has 244 valence electrons. The summed E-state index contributed by atoms with van der Waals surface area (Å²) >= 11 is 6.14. The molecule has 1 aliphatic heterocycles. The Bertz CT molecular complexity index is 1820. The highest BCUT2D eigenvalue weighted by atomic mass is 35.5. The second-order valence-electron chi connectivity index (χ2n) is 12.6. The summed E-state index contributed by atoms with van der Waals surface area (Å²) in [4.78, 5) is 40.8. The minimum atomic E-state index is -0.440. The van der Waals surface area contributed by atoms with Crippen LogP contribution in [0.3, 0.4) is 0 Å². The smallest absolute Gasteiger partial charge is 0.287 e. The van der Waals surface area contributed by atoms with E-state index in [1.165, 1.54) is 22.8 Å². The van der Waals surface area contributed by atoms with Crippen molar-refractivity contribution < 1.29 is 18.7 Å². The third kappa shape index (κ3) is 8.14. The number of hydrogen-bond donors (Lipinski definition) is 1. The van der Waals surface area contributed by atoms with Crippen molar-refractivity contribution in [1.82, 2.24) is 10.2 Å². The summed E-state index contributed by atoms with van der Waals surface area (Å²) in [6.45, 7) is 4.09. The van der Waals surface area contributed by atoms with Crippen molar-refractivity contribution in [2.75, 3.05) is 13.2 Å². The molecule has 1 atom stereocenters. The highest BCUT2D eigenvalue weighted by Gasteiger charge is 2.25. The molecule has 8 heteroatoms. The molecular weight excluding hydrogens is 612 g/mol. The normalized spacial score (nSPS) is 17.1. The first-order valence-electron chi connectivity index (χ1n) is 16.7. The third-order valence-corrected chi connectivity index (χ3v) is 9.42. The van der Waals surface area contributed by atoms with Crippen LogP contribution in [0.2, 0.25) is 5.02 Å². The topological polar surface area (TPSA) is 88.8 Å². The molecule has 6 rings (SSSR count). The fourth-order valence-electron chi connectivity index (χ4n) is 6.73. The Kier molecular flexibility index (Phi) is 10.4. The van der Waals surface area contributed by atoms with E-state index in [-0.39, 0.29) is 23.1 Å². The Morgan fingerprint density at radius 3 is 2.57 bits per heavy atom. The van der Waals surface area contributed by atoms with Gasteiger partial charge < -0.3 is 19.4 Å². The number of hydrogen-bond acceptors (Lipinski definition) is 5. The molecule has 1 aromatic heterocycles. The molecular formula is C39H41ClN2O5. The van der Waals surface area contributed by atoms with E-state index in [0.29, 0.717) is 53.7 Å². The van der Waals surface area contributed by atoms with Gasteiger partial charge in [0.2, 0.25) is 5.91 Å². The van der Waals surface area contributed by atoms with E-state index < -0.39 is 5.91 Å². The zero-order valence-electron chi connectivity index (χ0n) is 26.8. The van der Waals surface area contributed by atoms with Gasteiger partial charge in [0.05, 0.1) is 18.0 Å². The standard InChI is InChI=1S/C39H41ClN2O5/c1-2-20-46-32-17-18-36-34(23-32)35(43)24-37(47-36)39(45)41-31(22-27-11-15-30(40)16-12-27)21-26-9-13-28(14-10-26)33-7-4-3-6-29(33)25-42-19-5-8-38(42)44/h3-4,6-7,11-12,15-18,21,23-24,28,31H,2,5,8-10,13-14,19-20,22,25H2,1H3,(H,41,45)/t28?,31-/m1/s1. The third-order valence-electron chi connectivity index (χ3n) is 9.17. The van der Waals surface area contributed by atoms with E-state index >= 15 is 0 Å². The first-order chi connectivity index (χ1) is 22.9. The molecule has 1 saturated carbocycles. The number of amides is 2. The molecule has 0 bridgehead atoms. The minimum absolute atomic E-state index is 0.0268. The molecule has 2 heterocycles. The highest BCUT2D eigenvalue weighted by molar-refractivity contribution is 6.30. The van der Waals surface area contributed by atoms with Crippen LogP contribution in [-0.4, -0.2) is 35.9 Å². The molecule has 0 spiro atoms. The van der Waals surface area contributed by atoms with Crippen molar-refractivity contribution in [1.29, 1.82) is 0 Å². The maximum atomic E-state index is 13.5. The number of halogens is 1. The number of rotatable bonds is 11. The summed E-state index contributed by atoms with van der Waals surface area (Å²) in [5, 5.41) is 4.16. The summed E-state index contributed by atoms with van der Waals surface area (Å²) in [7, 11) is 0. The van der Waals surface area contributed by atoms with Crippen LogP contribution in [-0.2, 0) is 17.8 Å². The lowest BCUT2D eigenvalue weighted by Crippen LogP contribution is -2.36. The molecule has 2 amide bonds. The quantitative estimate of drug-likeness (QED) is 0.166. The fourth-order valence-corrected chi connectivity index (χ4v) is 6.85. The van der Waals surface area contributed by atoms with Crippen LogP contribution < -0.4 is 15.5 Å². The molecule has 1 saturated heterocycles. The number of carbonyl (C=O) groups is 2. The van der Waals surface area contributed by atoms with Crippen LogP contribution in [0.15, 0.2) is 93.7 Å². The lowest BCUT2D eigenvalue weighted by atomic mass is 9.79. The van der Waals surface area contributed by atoms with Crippen LogP contribution >= 0.6 is 11.6 Å². The molecule has 4 aromatic rings. The van der Waals surface area contributed by atoms with Crippen LogP contribution in [0.25, 0.3) is 11.0 Å². The Balaban J connectivity index is 1.18. The van der Waals surface area contributed by atoms with Crippen LogP contribution in [0, 0.1) is 0 Å². The Morgan fingerprint density at radius 2 is 1.83 bits per heavy atom. The molecule has 2 aliphatic rings. The van der Waals surface area contributed by atoms with E-state index in [0.717, 1.165) is 50.6 Å². The van der Waals surface area contributed by atoms with Crippen LogP contribution in [0.4, 0.5) is 0 Å². The molecule has 1 aliphatic carbocycles. The van der Waals surface area contributed by atoms with E-state index in [4.69, 9.17) is 20.8 Å². The zero-order valence-corrected chi connectivity index (χ0v) is 27.6. The van der Waals surface area contributed by atoms with Gasteiger partial charge in [-0.1, -0.05) is 66.6 Å². The molecule has 0 radical (unpaired) electrons. The van der Waals surface area contributed by atoms with E-state index in [2.05, 4.69) is 35.7 Å². The number of allylic oxidation sites excluding steroid dienone is 1. The lowest BCUT2D eigenvalue weighted by Gasteiger charge is -2.28. The van der Waals surface area contributed by atoms with Crippen molar-refractivity contribution in [3.8, 4) is 5.75 Å². The number of benzene rings is 3. The zero-order chi connectivity index (χ0) is 32.8. The number of nitrogens with zero attached hydrogens (tertiary/aromatic N) is 1.